The van der Waals surface area contributed by atoms with Crippen molar-refractivity contribution in [3.8, 4) is 11.4 Å². The van der Waals surface area contributed by atoms with Crippen LogP contribution in [0.3, 0.4) is 0 Å². The van der Waals surface area contributed by atoms with Gasteiger partial charge in [-0.25, -0.2) is 14.1 Å². The van der Waals surface area contributed by atoms with Gasteiger partial charge in [-0.2, -0.15) is 5.10 Å². The molecule has 0 unspecified atom stereocenters. The van der Waals surface area contributed by atoms with Gasteiger partial charge in [-0.3, -0.25) is 9.36 Å². The van der Waals surface area contributed by atoms with Gasteiger partial charge in [-0.15, -0.1) is 0 Å². The zero-order valence-electron chi connectivity index (χ0n) is 16.9. The lowest BCUT2D eigenvalue weighted by molar-refractivity contribution is 0.0922. The summed E-state index contributed by atoms with van der Waals surface area (Å²) in [6, 6.07) is 19.3. The molecule has 5 aromatic rings. The lowest BCUT2D eigenvalue weighted by Crippen LogP contribution is -2.30. The molecule has 1 atom stereocenters. The number of aromatic nitrogens is 4. The molecule has 1 N–H and O–H groups in total. The Hall–Kier alpha value is -4.04. The Bertz CT molecular complexity index is 1450. The third-order valence-electron chi connectivity index (χ3n) is 5.21. The van der Waals surface area contributed by atoms with Gasteiger partial charge in [0.15, 0.2) is 5.65 Å². The minimum absolute atomic E-state index is 0.0212. The lowest BCUT2D eigenvalue weighted by Gasteiger charge is -2.15. The van der Waals surface area contributed by atoms with Crippen molar-refractivity contribution < 1.29 is 14.2 Å². The molecule has 0 aliphatic heterocycles. The first-order valence-electron chi connectivity index (χ1n) is 10.1. The van der Waals surface area contributed by atoms with Crippen LogP contribution in [0.5, 0.6) is 5.75 Å². The van der Waals surface area contributed by atoms with E-state index in [1.807, 2.05) is 42.5 Å². The number of nitrogens with zero attached hydrogens (tertiary/aromatic N) is 4. The molecule has 0 saturated heterocycles. The molecule has 8 heteroatoms. The summed E-state index contributed by atoms with van der Waals surface area (Å²) in [5, 5.41) is 17.0. The summed E-state index contributed by atoms with van der Waals surface area (Å²) in [5.41, 5.74) is 0.626. The summed E-state index contributed by atoms with van der Waals surface area (Å²) in [4.78, 5) is 17.2. The number of halogens is 1. The molecular weight excluding hydrogens is 411 g/mol. The van der Waals surface area contributed by atoms with Crippen LogP contribution in [0.2, 0.25) is 0 Å². The Morgan fingerprint density at radius 2 is 1.78 bits per heavy atom. The molecule has 3 aromatic carbocycles. The molecule has 32 heavy (non-hydrogen) atoms. The van der Waals surface area contributed by atoms with E-state index in [9.17, 15) is 14.3 Å². The van der Waals surface area contributed by atoms with Gasteiger partial charge < -0.3 is 9.84 Å². The molecule has 2 aromatic heterocycles. The van der Waals surface area contributed by atoms with Crippen molar-refractivity contribution in [1.29, 1.82) is 0 Å². The van der Waals surface area contributed by atoms with Crippen LogP contribution in [-0.4, -0.2) is 37.1 Å². The van der Waals surface area contributed by atoms with E-state index in [1.54, 1.807) is 12.1 Å². The predicted octanol–water partition coefficient (Wildman–Crippen LogP) is 3.31. The van der Waals surface area contributed by atoms with Crippen LogP contribution < -0.4 is 10.3 Å². The molecule has 0 fully saturated rings. The third kappa shape index (κ3) is 3.72. The van der Waals surface area contributed by atoms with E-state index in [0.29, 0.717) is 22.5 Å². The van der Waals surface area contributed by atoms with Gasteiger partial charge in [-0.05, 0) is 35.7 Å². The quantitative estimate of drug-likeness (QED) is 0.447. The summed E-state index contributed by atoms with van der Waals surface area (Å²) in [6.45, 7) is 0.0432. The van der Waals surface area contributed by atoms with Crippen LogP contribution in [0.15, 0.2) is 84.0 Å². The summed E-state index contributed by atoms with van der Waals surface area (Å²) in [6.07, 6.45) is 1.87. The van der Waals surface area contributed by atoms with E-state index >= 15 is 0 Å². The van der Waals surface area contributed by atoms with Crippen molar-refractivity contribution >= 4 is 21.8 Å². The largest absolute Gasteiger partial charge is 0.490 e. The number of ether oxygens (including phenoxy) is 1. The van der Waals surface area contributed by atoms with Crippen molar-refractivity contribution in [3.63, 3.8) is 0 Å². The number of aliphatic hydroxyl groups excluding tert-OH is 1. The van der Waals surface area contributed by atoms with Gasteiger partial charge in [0.2, 0.25) is 0 Å². The highest BCUT2D eigenvalue weighted by Gasteiger charge is 2.14. The Labute approximate surface area is 181 Å². The Morgan fingerprint density at radius 3 is 2.62 bits per heavy atom. The number of aliphatic hydroxyl groups is 1. The molecule has 0 saturated carbocycles. The highest BCUT2D eigenvalue weighted by Crippen LogP contribution is 2.25. The molecule has 0 bridgehead atoms. The highest BCUT2D eigenvalue weighted by molar-refractivity contribution is 5.88. The van der Waals surface area contributed by atoms with Crippen LogP contribution in [0, 0.1) is 5.82 Å². The minimum atomic E-state index is -0.918. The van der Waals surface area contributed by atoms with E-state index in [2.05, 4.69) is 10.1 Å². The van der Waals surface area contributed by atoms with Gasteiger partial charge in [0.25, 0.3) is 5.56 Å². The SMILES string of the molecule is O=c1c2cnn(-c3ccc(F)cc3)c2ncn1C[C@@H](O)COc1cccc2ccccc12. The Balaban J connectivity index is 1.34. The molecule has 0 aliphatic rings. The van der Waals surface area contributed by atoms with Crippen LogP contribution in [-0.2, 0) is 6.54 Å². The van der Waals surface area contributed by atoms with Crippen molar-refractivity contribution in [2.24, 2.45) is 0 Å². The molecule has 0 aliphatic carbocycles. The monoisotopic (exact) mass is 430 g/mol. The number of fused-ring (bicyclic) bond motifs is 2. The molecule has 7 nitrogen and oxygen atoms in total. The first-order chi connectivity index (χ1) is 15.6. The van der Waals surface area contributed by atoms with Gasteiger partial charge in [0.1, 0.15) is 36.0 Å². The summed E-state index contributed by atoms with van der Waals surface area (Å²) >= 11 is 0. The standard InChI is InChI=1S/C24H19FN4O3/c25-17-8-10-18(11-9-17)29-23-21(12-27-29)24(31)28(15-26-23)13-19(30)14-32-22-7-3-5-16-4-1-2-6-20(16)22/h1-12,15,19,30H,13-14H2/t19-/m1/s1. The average molecular weight is 430 g/mol. The molecule has 0 spiro atoms. The van der Waals surface area contributed by atoms with Gasteiger partial charge in [0, 0.05) is 5.39 Å². The summed E-state index contributed by atoms with van der Waals surface area (Å²) < 4.78 is 21.8. The van der Waals surface area contributed by atoms with Crippen LogP contribution >= 0.6 is 0 Å². The van der Waals surface area contributed by atoms with Crippen LogP contribution in [0.1, 0.15) is 0 Å². The first-order valence-corrected chi connectivity index (χ1v) is 10.1. The van der Waals surface area contributed by atoms with Gasteiger partial charge in [0.05, 0.1) is 18.4 Å². The average Bonchev–Trinajstić information content (AvgIpc) is 3.25. The van der Waals surface area contributed by atoms with Crippen molar-refractivity contribution in [2.45, 2.75) is 12.6 Å². The maximum Gasteiger partial charge on any atom is 0.264 e. The number of benzene rings is 3. The number of hydrogen-bond acceptors (Lipinski definition) is 5. The molecule has 0 radical (unpaired) electrons. The van der Waals surface area contributed by atoms with Gasteiger partial charge >= 0.3 is 0 Å². The fourth-order valence-electron chi connectivity index (χ4n) is 3.64. The second kappa shape index (κ2) is 8.24. The summed E-state index contributed by atoms with van der Waals surface area (Å²) in [5.74, 6) is 0.309. The first kappa shape index (κ1) is 19.9. The number of hydrogen-bond donors (Lipinski definition) is 1. The summed E-state index contributed by atoms with van der Waals surface area (Å²) in [7, 11) is 0. The highest BCUT2D eigenvalue weighted by atomic mass is 19.1. The van der Waals surface area contributed by atoms with Gasteiger partial charge in [-0.1, -0.05) is 36.4 Å². The Morgan fingerprint density at radius 1 is 1.00 bits per heavy atom. The van der Waals surface area contributed by atoms with Crippen molar-refractivity contribution in [3.05, 3.63) is 95.4 Å². The Kier molecular flexibility index (Phi) is 5.12. The van der Waals surface area contributed by atoms with E-state index in [4.69, 9.17) is 4.74 Å². The molecule has 160 valence electrons. The molecule has 5 rings (SSSR count). The normalized spacial score (nSPS) is 12.3. The molecular formula is C24H19FN4O3. The van der Waals surface area contributed by atoms with Crippen LogP contribution in [0.25, 0.3) is 27.5 Å². The molecule has 2 heterocycles. The van der Waals surface area contributed by atoms with E-state index < -0.39 is 6.10 Å². The molecule has 0 amide bonds. The van der Waals surface area contributed by atoms with E-state index in [1.165, 1.54) is 33.9 Å². The smallest absolute Gasteiger partial charge is 0.264 e. The minimum Gasteiger partial charge on any atom is -0.490 e. The van der Waals surface area contributed by atoms with E-state index in [0.717, 1.165) is 10.8 Å². The zero-order valence-corrected chi connectivity index (χ0v) is 16.9. The maximum absolute atomic E-state index is 13.2. The second-order valence-corrected chi connectivity index (χ2v) is 7.41. The van der Waals surface area contributed by atoms with Crippen LogP contribution in [0.4, 0.5) is 4.39 Å². The second-order valence-electron chi connectivity index (χ2n) is 7.41. The fraction of sp³-hybridized carbons (Fsp3) is 0.125. The topological polar surface area (TPSA) is 82.2 Å². The predicted molar refractivity (Wildman–Crippen MR) is 119 cm³/mol. The van der Waals surface area contributed by atoms with Crippen molar-refractivity contribution in [1.82, 2.24) is 19.3 Å². The lowest BCUT2D eigenvalue weighted by atomic mass is 10.1. The maximum atomic E-state index is 13.2. The zero-order chi connectivity index (χ0) is 22.1. The third-order valence-corrected chi connectivity index (χ3v) is 5.21. The fourth-order valence-corrected chi connectivity index (χ4v) is 3.64. The van der Waals surface area contributed by atoms with E-state index in [-0.39, 0.29) is 24.5 Å². The number of rotatable bonds is 6. The van der Waals surface area contributed by atoms with Crippen molar-refractivity contribution in [2.75, 3.05) is 6.61 Å².